The highest BCUT2D eigenvalue weighted by Crippen LogP contribution is 2.27. The van der Waals surface area contributed by atoms with Crippen LogP contribution in [0.3, 0.4) is 0 Å². The zero-order chi connectivity index (χ0) is 13.8. The Morgan fingerprint density at radius 1 is 1.22 bits per heavy atom. The lowest BCUT2D eigenvalue weighted by molar-refractivity contribution is 0.625. The van der Waals surface area contributed by atoms with Crippen LogP contribution in [0.4, 0.5) is 4.39 Å². The average molecular weight is 287 g/mol. The Kier molecular flexibility index (Phi) is 5.86. The Morgan fingerprint density at radius 2 is 1.83 bits per heavy atom. The smallest absolute Gasteiger partial charge is 0.124 e. The molecule has 0 saturated heterocycles. The third kappa shape index (κ3) is 4.10. The molecular formula is C15H24ClFSi. The number of hydrogen-bond donors (Lipinski definition) is 0. The first-order chi connectivity index (χ1) is 8.41. The fraction of sp³-hybridized carbons (Fsp3) is 0.600. The van der Waals surface area contributed by atoms with Crippen LogP contribution in [0.2, 0.25) is 29.7 Å². The van der Waals surface area contributed by atoms with Crippen molar-refractivity contribution in [3.8, 4) is 0 Å². The molecule has 0 N–H and O–H groups in total. The van der Waals surface area contributed by atoms with Crippen molar-refractivity contribution in [2.24, 2.45) is 0 Å². The summed E-state index contributed by atoms with van der Waals surface area (Å²) in [6, 6.07) is 7.05. The highest BCUT2D eigenvalue weighted by atomic mass is 35.5. The molecule has 0 heterocycles. The van der Waals surface area contributed by atoms with Crippen LogP contribution >= 0.6 is 11.6 Å². The van der Waals surface area contributed by atoms with E-state index in [0.29, 0.717) is 5.02 Å². The first-order valence-electron chi connectivity index (χ1n) is 6.86. The summed E-state index contributed by atoms with van der Waals surface area (Å²) in [6.07, 6.45) is 2.16. The maximum absolute atomic E-state index is 13.2. The van der Waals surface area contributed by atoms with Gasteiger partial charge in [0.2, 0.25) is 0 Å². The van der Waals surface area contributed by atoms with E-state index < -0.39 is 8.07 Å². The number of aryl methyl sites for hydroxylation is 1. The number of benzene rings is 1. The molecule has 0 aliphatic carbocycles. The molecule has 0 radical (unpaired) electrons. The second-order valence-electron chi connectivity index (χ2n) is 5.55. The lowest BCUT2D eigenvalue weighted by Crippen LogP contribution is -2.27. The molecule has 0 bridgehead atoms. The van der Waals surface area contributed by atoms with E-state index >= 15 is 0 Å². The van der Waals surface area contributed by atoms with E-state index in [0.717, 1.165) is 17.5 Å². The molecule has 0 aliphatic rings. The zero-order valence-electron chi connectivity index (χ0n) is 11.9. The van der Waals surface area contributed by atoms with Crippen LogP contribution in [0.1, 0.15) is 31.4 Å². The third-order valence-electron chi connectivity index (χ3n) is 4.30. The molecule has 3 heteroatoms. The first kappa shape index (κ1) is 15.7. The minimum atomic E-state index is -1.01. The van der Waals surface area contributed by atoms with Crippen LogP contribution in [-0.2, 0) is 6.42 Å². The molecular weight excluding hydrogens is 263 g/mol. The summed E-state index contributed by atoms with van der Waals surface area (Å²) >= 11 is 6.12. The van der Waals surface area contributed by atoms with Crippen molar-refractivity contribution < 1.29 is 4.39 Å². The average Bonchev–Trinajstić information content (AvgIpc) is 2.32. The van der Waals surface area contributed by atoms with E-state index in [1.165, 1.54) is 30.6 Å². The topological polar surface area (TPSA) is 0 Å². The van der Waals surface area contributed by atoms with Gasteiger partial charge in [-0.05, 0) is 36.6 Å². The van der Waals surface area contributed by atoms with Gasteiger partial charge < -0.3 is 0 Å². The summed E-state index contributed by atoms with van der Waals surface area (Å²) in [7, 11) is -1.01. The van der Waals surface area contributed by atoms with Crippen LogP contribution < -0.4 is 0 Å². The maximum atomic E-state index is 13.2. The van der Waals surface area contributed by atoms with E-state index in [4.69, 9.17) is 11.6 Å². The lowest BCUT2D eigenvalue weighted by atomic mass is 10.0. The van der Waals surface area contributed by atoms with Crippen molar-refractivity contribution in [2.75, 3.05) is 0 Å². The van der Waals surface area contributed by atoms with Gasteiger partial charge in [-0.3, -0.25) is 0 Å². The van der Waals surface area contributed by atoms with Crippen LogP contribution in [0.15, 0.2) is 12.1 Å². The summed E-state index contributed by atoms with van der Waals surface area (Å²) in [6.45, 7) is 9.05. The molecule has 0 spiro atoms. The van der Waals surface area contributed by atoms with Gasteiger partial charge in [0.25, 0.3) is 0 Å². The second kappa shape index (κ2) is 6.72. The molecule has 1 rings (SSSR count). The molecule has 1 aromatic carbocycles. The minimum Gasteiger partial charge on any atom is -0.207 e. The molecule has 18 heavy (non-hydrogen) atoms. The fourth-order valence-electron chi connectivity index (χ4n) is 2.34. The van der Waals surface area contributed by atoms with Crippen LogP contribution in [0, 0.1) is 12.7 Å². The van der Waals surface area contributed by atoms with Crippen molar-refractivity contribution in [2.45, 2.75) is 58.3 Å². The van der Waals surface area contributed by atoms with Crippen molar-refractivity contribution in [3.05, 3.63) is 34.1 Å². The molecule has 0 atom stereocenters. The SMILES string of the molecule is CC[Si](C)(CC)CCCc1c(C)cc(F)cc1Cl. The third-order valence-corrected chi connectivity index (χ3v) is 9.61. The summed E-state index contributed by atoms with van der Waals surface area (Å²) in [4.78, 5) is 0. The van der Waals surface area contributed by atoms with Gasteiger partial charge in [0.15, 0.2) is 0 Å². The highest BCUT2D eigenvalue weighted by molar-refractivity contribution is 6.78. The molecule has 0 nitrogen and oxygen atoms in total. The molecule has 1 aromatic rings. The predicted octanol–water partition coefficient (Wildman–Crippen LogP) is 5.84. The van der Waals surface area contributed by atoms with Gasteiger partial charge in [-0.1, -0.05) is 56.5 Å². The van der Waals surface area contributed by atoms with E-state index in [1.807, 2.05) is 6.92 Å². The van der Waals surface area contributed by atoms with E-state index in [-0.39, 0.29) is 5.82 Å². The van der Waals surface area contributed by atoms with Gasteiger partial charge in [-0.2, -0.15) is 0 Å². The molecule has 0 aliphatic heterocycles. The summed E-state index contributed by atoms with van der Waals surface area (Å²) in [5.74, 6) is -0.234. The van der Waals surface area contributed by atoms with Gasteiger partial charge >= 0.3 is 0 Å². The van der Waals surface area contributed by atoms with Crippen LogP contribution in [0.25, 0.3) is 0 Å². The first-order valence-corrected chi connectivity index (χ1v) is 10.4. The van der Waals surface area contributed by atoms with Crippen LogP contribution in [0.5, 0.6) is 0 Å². The molecule has 0 unspecified atom stereocenters. The maximum Gasteiger partial charge on any atom is 0.124 e. The Balaban J connectivity index is 2.65. The standard InChI is InChI=1S/C15H24ClFSi/c1-5-18(4,6-2)9-7-8-14-12(3)10-13(17)11-15(14)16/h10-11H,5-9H2,1-4H3. The predicted molar refractivity (Wildman–Crippen MR) is 81.9 cm³/mol. The van der Waals surface area contributed by atoms with Crippen molar-refractivity contribution >= 4 is 19.7 Å². The van der Waals surface area contributed by atoms with Gasteiger partial charge in [0.05, 0.1) is 0 Å². The Hall–Kier alpha value is -0.343. The van der Waals surface area contributed by atoms with Gasteiger partial charge in [0, 0.05) is 13.1 Å². The van der Waals surface area contributed by atoms with E-state index in [9.17, 15) is 4.39 Å². The van der Waals surface area contributed by atoms with Crippen molar-refractivity contribution in [3.63, 3.8) is 0 Å². The minimum absolute atomic E-state index is 0.234. The summed E-state index contributed by atoms with van der Waals surface area (Å²) in [5, 5.41) is 0.587. The largest absolute Gasteiger partial charge is 0.207 e. The van der Waals surface area contributed by atoms with E-state index in [2.05, 4.69) is 20.4 Å². The Labute approximate surface area is 117 Å². The number of rotatable bonds is 6. The van der Waals surface area contributed by atoms with Gasteiger partial charge in [-0.25, -0.2) is 4.39 Å². The summed E-state index contributed by atoms with van der Waals surface area (Å²) < 4.78 is 13.2. The normalized spacial score (nSPS) is 11.9. The molecule has 0 fully saturated rings. The fourth-order valence-corrected chi connectivity index (χ4v) is 4.93. The lowest BCUT2D eigenvalue weighted by Gasteiger charge is -2.24. The highest BCUT2D eigenvalue weighted by Gasteiger charge is 2.21. The van der Waals surface area contributed by atoms with Crippen LogP contribution in [-0.4, -0.2) is 8.07 Å². The molecule has 0 amide bonds. The summed E-state index contributed by atoms with van der Waals surface area (Å²) in [5.41, 5.74) is 2.11. The van der Waals surface area contributed by atoms with Gasteiger partial charge in [-0.15, -0.1) is 0 Å². The molecule has 102 valence electrons. The number of hydrogen-bond acceptors (Lipinski definition) is 0. The van der Waals surface area contributed by atoms with Crippen molar-refractivity contribution in [1.29, 1.82) is 0 Å². The Morgan fingerprint density at radius 3 is 2.33 bits per heavy atom. The van der Waals surface area contributed by atoms with Gasteiger partial charge in [0.1, 0.15) is 5.82 Å². The molecule has 0 saturated carbocycles. The second-order valence-corrected chi connectivity index (χ2v) is 11.5. The Bertz CT molecular complexity index is 376. The quantitative estimate of drug-likeness (QED) is 0.576. The van der Waals surface area contributed by atoms with E-state index in [1.54, 1.807) is 6.07 Å². The van der Waals surface area contributed by atoms with Crippen molar-refractivity contribution in [1.82, 2.24) is 0 Å². The zero-order valence-corrected chi connectivity index (χ0v) is 13.7. The number of halogens is 2. The monoisotopic (exact) mass is 286 g/mol. The molecule has 0 aromatic heterocycles.